The van der Waals surface area contributed by atoms with Crippen molar-refractivity contribution in [1.29, 1.82) is 0 Å². The molecule has 0 saturated carbocycles. The molecule has 0 aliphatic rings. The summed E-state index contributed by atoms with van der Waals surface area (Å²) < 4.78 is 0. The first-order chi connectivity index (χ1) is 5.29. The van der Waals surface area contributed by atoms with Gasteiger partial charge in [0.25, 0.3) is 0 Å². The zero-order valence-corrected chi connectivity index (χ0v) is 7.69. The van der Waals surface area contributed by atoms with E-state index in [-0.39, 0.29) is 0 Å². The van der Waals surface area contributed by atoms with Gasteiger partial charge in [0.2, 0.25) is 0 Å². The fourth-order valence-electron chi connectivity index (χ4n) is 0.940. The monoisotopic (exact) mass is 168 g/mol. The summed E-state index contributed by atoms with van der Waals surface area (Å²) >= 11 is 0. The van der Waals surface area contributed by atoms with Crippen LogP contribution in [0.3, 0.4) is 0 Å². The van der Waals surface area contributed by atoms with E-state index >= 15 is 0 Å². The van der Waals surface area contributed by atoms with Crippen LogP contribution in [0.15, 0.2) is 30.3 Å². The first-order valence-corrected chi connectivity index (χ1v) is 5.40. The highest BCUT2D eigenvalue weighted by Crippen LogP contribution is 1.87. The van der Waals surface area contributed by atoms with Gasteiger partial charge in [-0.2, -0.15) is 0 Å². The molecule has 0 unspecified atom stereocenters. The highest BCUT2D eigenvalue weighted by Gasteiger charge is 1.98. The Morgan fingerprint density at radius 1 is 1.18 bits per heavy atom. The van der Waals surface area contributed by atoms with Gasteiger partial charge in [-0.1, -0.05) is 35.5 Å². The smallest absolute Gasteiger partial charge is 0.148 e. The molecule has 0 atom stereocenters. The van der Waals surface area contributed by atoms with Crippen molar-refractivity contribution >= 4 is 14.7 Å². The van der Waals surface area contributed by atoms with E-state index in [1.165, 1.54) is 5.19 Å². The third-order valence-corrected chi connectivity index (χ3v) is 3.39. The molecule has 0 aliphatic heterocycles. The van der Waals surface area contributed by atoms with Gasteiger partial charge < -0.3 is 10.2 Å². The highest BCUT2D eigenvalue weighted by molar-refractivity contribution is 6.53. The van der Waals surface area contributed by atoms with Crippen molar-refractivity contribution in [3.05, 3.63) is 30.3 Å². The molecule has 1 rings (SSSR count). The number of benzene rings is 1. The molecule has 0 aromatic heterocycles. The minimum atomic E-state index is -1.12. The minimum Gasteiger partial charge on any atom is -0.368 e. The molecule has 0 bridgehead atoms. The first kappa shape index (κ1) is 8.45. The van der Waals surface area contributed by atoms with Gasteiger partial charge in [0.15, 0.2) is 0 Å². The van der Waals surface area contributed by atoms with Gasteiger partial charge in [-0.05, 0) is 6.04 Å². The fraction of sp³-hybridized carbons (Fsp3) is 0.250. The Labute approximate surface area is 68.3 Å². The molecular formula is C8H12O2Si. The lowest BCUT2D eigenvalue weighted by Crippen LogP contribution is -2.18. The Morgan fingerprint density at radius 3 is 2.36 bits per heavy atom. The van der Waals surface area contributed by atoms with Crippen molar-refractivity contribution in [2.45, 2.75) is 12.3 Å². The molecule has 0 saturated heterocycles. The van der Waals surface area contributed by atoms with Gasteiger partial charge in [-0.25, -0.2) is 0 Å². The van der Waals surface area contributed by atoms with Crippen molar-refractivity contribution in [2.24, 2.45) is 0 Å². The molecule has 0 fully saturated rings. The fourth-order valence-corrected chi connectivity index (χ4v) is 2.14. The summed E-state index contributed by atoms with van der Waals surface area (Å²) in [6, 6.07) is 10.5. The molecule has 1 aromatic rings. The number of rotatable bonds is 3. The predicted molar refractivity (Wildman–Crippen MR) is 47.7 cm³/mol. The molecule has 2 nitrogen and oxygen atoms in total. The van der Waals surface area contributed by atoms with E-state index in [1.807, 2.05) is 30.3 Å². The van der Waals surface area contributed by atoms with E-state index < -0.39 is 15.8 Å². The Bertz CT molecular complexity index is 199. The van der Waals surface area contributed by atoms with E-state index in [1.54, 1.807) is 0 Å². The summed E-state index contributed by atoms with van der Waals surface area (Å²) in [7, 11) is -0.459. The minimum absolute atomic E-state index is 0.459. The third-order valence-electron chi connectivity index (χ3n) is 1.53. The normalized spacial score (nSPS) is 11.5. The zero-order valence-electron chi connectivity index (χ0n) is 6.27. The maximum Gasteiger partial charge on any atom is 0.148 e. The number of hydrogen-bond acceptors (Lipinski definition) is 2. The average molecular weight is 168 g/mol. The van der Waals surface area contributed by atoms with E-state index in [4.69, 9.17) is 10.2 Å². The maximum atomic E-state index is 8.60. The van der Waals surface area contributed by atoms with Crippen molar-refractivity contribution in [2.75, 3.05) is 0 Å². The highest BCUT2D eigenvalue weighted by atomic mass is 28.2. The van der Waals surface area contributed by atoms with Crippen molar-refractivity contribution in [1.82, 2.24) is 0 Å². The van der Waals surface area contributed by atoms with Crippen LogP contribution in [0.2, 0.25) is 6.04 Å². The molecule has 2 N–H and O–H groups in total. The second-order valence-corrected chi connectivity index (χ2v) is 4.40. The van der Waals surface area contributed by atoms with Crippen LogP contribution in [0.5, 0.6) is 0 Å². The largest absolute Gasteiger partial charge is 0.368 e. The topological polar surface area (TPSA) is 40.5 Å². The van der Waals surface area contributed by atoms with E-state index in [0.29, 0.717) is 6.04 Å². The summed E-state index contributed by atoms with van der Waals surface area (Å²) in [6.45, 7) is 0. The lowest BCUT2D eigenvalue weighted by molar-refractivity contribution is -0.0225. The lowest BCUT2D eigenvalue weighted by Gasteiger charge is -2.01. The molecule has 3 heteroatoms. The molecule has 0 spiro atoms. The van der Waals surface area contributed by atoms with Crippen molar-refractivity contribution < 1.29 is 10.2 Å². The second-order valence-electron chi connectivity index (χ2n) is 2.50. The van der Waals surface area contributed by atoms with Gasteiger partial charge in [0, 0.05) is 0 Å². The summed E-state index contributed by atoms with van der Waals surface area (Å²) in [5, 5.41) is 18.5. The van der Waals surface area contributed by atoms with E-state index in [9.17, 15) is 0 Å². The van der Waals surface area contributed by atoms with Crippen LogP contribution in [0.4, 0.5) is 0 Å². The molecule has 0 amide bonds. The van der Waals surface area contributed by atoms with Gasteiger partial charge >= 0.3 is 0 Å². The summed E-state index contributed by atoms with van der Waals surface area (Å²) in [6.07, 6.45) is -1.12. The molecule has 11 heavy (non-hydrogen) atoms. The van der Waals surface area contributed by atoms with Crippen LogP contribution in [-0.2, 0) is 0 Å². The van der Waals surface area contributed by atoms with Crippen molar-refractivity contribution in [3.63, 3.8) is 0 Å². The summed E-state index contributed by atoms with van der Waals surface area (Å²) in [5.74, 6) is 0. The molecule has 0 heterocycles. The Balaban J connectivity index is 2.39. The summed E-state index contributed by atoms with van der Waals surface area (Å²) in [4.78, 5) is 0. The van der Waals surface area contributed by atoms with Gasteiger partial charge in [-0.15, -0.1) is 0 Å². The van der Waals surface area contributed by atoms with Gasteiger partial charge in [-0.3, -0.25) is 0 Å². The molecule has 0 radical (unpaired) electrons. The standard InChI is InChI=1S/C8H12O2Si/c9-8(10)6-11-7-4-2-1-3-5-7/h1-5,8-10H,6,11H2. The van der Waals surface area contributed by atoms with Gasteiger partial charge in [0.05, 0.1) is 9.52 Å². The Morgan fingerprint density at radius 2 is 1.82 bits per heavy atom. The number of aliphatic hydroxyl groups excluding tert-OH is 1. The lowest BCUT2D eigenvalue weighted by atomic mass is 10.4. The predicted octanol–water partition coefficient (Wildman–Crippen LogP) is -0.790. The Hall–Kier alpha value is -0.643. The quantitative estimate of drug-likeness (QED) is 0.459. The third kappa shape index (κ3) is 3.32. The zero-order chi connectivity index (χ0) is 8.10. The maximum absolute atomic E-state index is 8.60. The Kier molecular flexibility index (Phi) is 3.29. The van der Waals surface area contributed by atoms with Crippen molar-refractivity contribution in [3.8, 4) is 0 Å². The van der Waals surface area contributed by atoms with E-state index in [2.05, 4.69) is 0 Å². The molecule has 60 valence electrons. The SMILES string of the molecule is OC(O)C[SiH2]c1ccccc1. The summed E-state index contributed by atoms with van der Waals surface area (Å²) in [5.41, 5.74) is 0. The van der Waals surface area contributed by atoms with Crippen LogP contribution in [-0.4, -0.2) is 26.0 Å². The van der Waals surface area contributed by atoms with Crippen LogP contribution < -0.4 is 5.19 Å². The van der Waals surface area contributed by atoms with Gasteiger partial charge in [0.1, 0.15) is 6.29 Å². The molecule has 0 aliphatic carbocycles. The first-order valence-electron chi connectivity index (χ1n) is 3.69. The second kappa shape index (κ2) is 4.28. The number of aliphatic hydroxyl groups is 2. The van der Waals surface area contributed by atoms with Crippen LogP contribution in [0.25, 0.3) is 0 Å². The van der Waals surface area contributed by atoms with Crippen LogP contribution in [0, 0.1) is 0 Å². The van der Waals surface area contributed by atoms with Crippen LogP contribution in [0.1, 0.15) is 0 Å². The molecular weight excluding hydrogens is 156 g/mol. The number of hydrogen-bond donors (Lipinski definition) is 2. The molecule has 1 aromatic carbocycles. The average Bonchev–Trinajstić information content (AvgIpc) is 2.03. The van der Waals surface area contributed by atoms with Crippen LogP contribution >= 0.6 is 0 Å². The van der Waals surface area contributed by atoms with E-state index in [0.717, 1.165) is 0 Å².